The van der Waals surface area contributed by atoms with Crippen LogP contribution in [-0.4, -0.2) is 139 Å². The van der Waals surface area contributed by atoms with Crippen molar-refractivity contribution in [1.82, 2.24) is 30.2 Å². The summed E-state index contributed by atoms with van der Waals surface area (Å²) in [4.78, 5) is 59.9. The molecular weight excluding hydrogens is 718 g/mol. The van der Waals surface area contributed by atoms with Crippen LogP contribution < -0.4 is 27.0 Å². The fourth-order valence-electron chi connectivity index (χ4n) is 8.98. The fraction of sp³-hybridized carbons (Fsp3) is 0.512. The molecule has 0 saturated carbocycles. The smallest absolute Gasteiger partial charge is 0.255 e. The van der Waals surface area contributed by atoms with Crippen LogP contribution in [0.25, 0.3) is 5.70 Å². The molecule has 4 fully saturated rings. The number of nitrogens with two attached hydrogens (primary N) is 2. The predicted molar refractivity (Wildman–Crippen MR) is 211 cm³/mol. The van der Waals surface area contributed by atoms with Crippen molar-refractivity contribution in [3.05, 3.63) is 76.7 Å². The Hall–Kier alpha value is -5.15. The van der Waals surface area contributed by atoms with E-state index in [-0.39, 0.29) is 41.7 Å². The molecular formula is C41H54FN9O5. The quantitative estimate of drug-likeness (QED) is 0.175. The van der Waals surface area contributed by atoms with Crippen LogP contribution in [0, 0.1) is 5.92 Å². The van der Waals surface area contributed by atoms with Gasteiger partial charge in [0.1, 0.15) is 23.3 Å². The number of phenolic OH excluding ortho intramolecular Hbond substituents is 1. The monoisotopic (exact) mass is 771 g/mol. The van der Waals surface area contributed by atoms with E-state index in [0.717, 1.165) is 70.0 Å². The number of aromatic hydroxyl groups is 1. The molecule has 0 aromatic heterocycles. The number of carbonyl (C=O) groups is 4. The Morgan fingerprint density at radius 1 is 1.02 bits per heavy atom. The van der Waals surface area contributed by atoms with Crippen molar-refractivity contribution in [2.45, 2.75) is 56.3 Å². The van der Waals surface area contributed by atoms with Gasteiger partial charge in [0.25, 0.3) is 5.91 Å². The number of nitrogens with one attached hydrogen (secondary N) is 2. The molecule has 5 heterocycles. The van der Waals surface area contributed by atoms with Crippen molar-refractivity contribution in [3.8, 4) is 5.75 Å². The number of allylic oxidation sites excluding steroid dienone is 1. The van der Waals surface area contributed by atoms with Gasteiger partial charge in [-0.25, -0.2) is 4.39 Å². The number of piperidine rings is 3. The van der Waals surface area contributed by atoms with Crippen molar-refractivity contribution < 1.29 is 28.7 Å². The summed E-state index contributed by atoms with van der Waals surface area (Å²) in [6.45, 7) is 7.48. The highest BCUT2D eigenvalue weighted by atomic mass is 19.1. The maximum Gasteiger partial charge on any atom is 0.255 e. The van der Waals surface area contributed by atoms with Crippen LogP contribution in [0.2, 0.25) is 0 Å². The molecule has 2 aromatic rings. The second-order valence-electron chi connectivity index (χ2n) is 16.0. The molecule has 300 valence electrons. The predicted octanol–water partition coefficient (Wildman–Crippen LogP) is 1.82. The zero-order valence-electron chi connectivity index (χ0n) is 32.1. The summed E-state index contributed by atoms with van der Waals surface area (Å²) in [6, 6.07) is 11.5. The van der Waals surface area contributed by atoms with E-state index < -0.39 is 23.5 Å². The molecule has 2 atom stereocenters. The number of carbonyl (C=O) groups excluding carboxylic acids is 4. The van der Waals surface area contributed by atoms with E-state index in [2.05, 4.69) is 30.2 Å². The number of halogens is 1. The lowest BCUT2D eigenvalue weighted by Crippen LogP contribution is -2.60. The summed E-state index contributed by atoms with van der Waals surface area (Å²) in [5.41, 5.74) is 14.5. The summed E-state index contributed by atoms with van der Waals surface area (Å²) in [5.74, 6) is -0.114. The van der Waals surface area contributed by atoms with Crippen LogP contribution in [0.4, 0.5) is 10.1 Å². The number of rotatable bonds is 10. The van der Waals surface area contributed by atoms with E-state index in [9.17, 15) is 24.3 Å². The number of hydrogen-bond acceptors (Lipinski definition) is 12. The largest absolute Gasteiger partial charge is 0.507 e. The Balaban J connectivity index is 0.877. The molecule has 15 heteroatoms. The first-order valence-corrected chi connectivity index (χ1v) is 19.8. The zero-order chi connectivity index (χ0) is 39.6. The molecule has 3 amide bonds. The third-order valence-corrected chi connectivity index (χ3v) is 12.3. The molecule has 0 radical (unpaired) electrons. The molecule has 4 saturated heterocycles. The first kappa shape index (κ1) is 39.1. The number of fused-ring (bicyclic) bond motifs is 1. The van der Waals surface area contributed by atoms with E-state index in [0.29, 0.717) is 61.8 Å². The van der Waals surface area contributed by atoms with E-state index in [1.54, 1.807) is 36.4 Å². The number of likely N-dealkylation sites (tertiary alicyclic amines) is 1. The standard InChI is InChI=1S/C41H54FN9O5/c1-47(34-8-9-37(54)46-39(34)55)40(56)32-20-29(7-6-28(32)25-52)50-16-12-41(42,13-17-50)26-48-14-10-27(11-15-48)23-49-18-19-51-30(24-49)22-45-38(44)35(51)21-33(43)31-4-2-3-5-36(31)53/h2-7,20-21,25,27,30,34,45,53H,8-19,22-24,26,43-44H2,1H3,(H,46,54,55)/b33-21-. The SMILES string of the molecule is CN(C(=O)c1cc(N2CCC(F)(CN3CCC(CN4CCN5C(/C=C(\N)c6ccccc6O)=C(N)NCC5C4)CC3)CC2)ccc1C=O)C1CCC(=O)NC1=O. The van der Waals surface area contributed by atoms with Gasteiger partial charge < -0.3 is 41.5 Å². The Morgan fingerprint density at radius 2 is 1.77 bits per heavy atom. The Labute approximate surface area is 327 Å². The fourth-order valence-corrected chi connectivity index (χ4v) is 8.98. The number of nitrogens with zero attached hydrogens (tertiary/aromatic N) is 5. The van der Waals surface area contributed by atoms with Crippen LogP contribution in [0.3, 0.4) is 0 Å². The number of phenols is 1. The highest BCUT2D eigenvalue weighted by molar-refractivity contribution is 6.06. The molecule has 5 aliphatic heterocycles. The average molecular weight is 772 g/mol. The number of likely N-dealkylation sites (N-methyl/N-ethyl adjacent to an activating group) is 1. The van der Waals surface area contributed by atoms with Crippen molar-refractivity contribution in [2.75, 3.05) is 77.4 Å². The first-order chi connectivity index (χ1) is 26.9. The molecule has 0 bridgehead atoms. The number of para-hydroxylation sites is 1. The minimum absolute atomic E-state index is 0.132. The van der Waals surface area contributed by atoms with Crippen LogP contribution in [0.5, 0.6) is 5.75 Å². The number of imide groups is 1. The minimum atomic E-state index is -1.31. The van der Waals surface area contributed by atoms with E-state index >= 15 is 4.39 Å². The number of piperazine rings is 1. The van der Waals surface area contributed by atoms with E-state index in [1.807, 2.05) is 12.1 Å². The topological polar surface area (TPSA) is 181 Å². The van der Waals surface area contributed by atoms with Gasteiger partial charge in [-0.15, -0.1) is 0 Å². The molecule has 0 spiro atoms. The lowest BCUT2D eigenvalue weighted by atomic mass is 9.89. The van der Waals surface area contributed by atoms with Crippen LogP contribution >= 0.6 is 0 Å². The summed E-state index contributed by atoms with van der Waals surface area (Å²) in [5, 5.41) is 15.9. The third kappa shape index (κ3) is 8.48. The first-order valence-electron chi connectivity index (χ1n) is 19.8. The lowest BCUT2D eigenvalue weighted by Gasteiger charge is -2.47. The summed E-state index contributed by atoms with van der Waals surface area (Å²) in [6.07, 6.45) is 5.59. The Morgan fingerprint density at radius 3 is 2.48 bits per heavy atom. The molecule has 5 aliphatic rings. The van der Waals surface area contributed by atoms with Gasteiger partial charge in [0.2, 0.25) is 11.8 Å². The Kier molecular flexibility index (Phi) is 11.5. The minimum Gasteiger partial charge on any atom is -0.507 e. The molecule has 14 nitrogen and oxygen atoms in total. The van der Waals surface area contributed by atoms with Crippen molar-refractivity contribution in [3.63, 3.8) is 0 Å². The van der Waals surface area contributed by atoms with Gasteiger partial charge in [0.15, 0.2) is 6.29 Å². The normalized spacial score (nSPS) is 24.0. The number of anilines is 1. The van der Waals surface area contributed by atoms with Gasteiger partial charge >= 0.3 is 0 Å². The molecule has 2 aromatic carbocycles. The highest BCUT2D eigenvalue weighted by Crippen LogP contribution is 2.34. The van der Waals surface area contributed by atoms with Gasteiger partial charge in [-0.1, -0.05) is 12.1 Å². The molecule has 2 unspecified atom stereocenters. The van der Waals surface area contributed by atoms with Crippen molar-refractivity contribution >= 4 is 35.4 Å². The van der Waals surface area contributed by atoms with Gasteiger partial charge in [-0.3, -0.25) is 29.4 Å². The molecule has 56 heavy (non-hydrogen) atoms. The average Bonchev–Trinajstić information content (AvgIpc) is 3.19. The van der Waals surface area contributed by atoms with Gasteiger partial charge in [0, 0.05) is 101 Å². The second kappa shape index (κ2) is 16.5. The van der Waals surface area contributed by atoms with E-state index in [4.69, 9.17) is 11.5 Å². The van der Waals surface area contributed by atoms with Gasteiger partial charge in [0.05, 0.1) is 17.3 Å². The van der Waals surface area contributed by atoms with Gasteiger partial charge in [-0.05, 0) is 74.7 Å². The molecule has 7 rings (SSSR count). The maximum atomic E-state index is 16.3. The Bertz CT molecular complexity index is 1890. The highest BCUT2D eigenvalue weighted by Gasteiger charge is 2.39. The lowest BCUT2D eigenvalue weighted by molar-refractivity contribution is -0.136. The summed E-state index contributed by atoms with van der Waals surface area (Å²) < 4.78 is 16.3. The van der Waals surface area contributed by atoms with Crippen molar-refractivity contribution in [1.29, 1.82) is 0 Å². The number of benzene rings is 2. The van der Waals surface area contributed by atoms with Crippen LogP contribution in [0.1, 0.15) is 64.8 Å². The molecule has 7 N–H and O–H groups in total. The number of aldehydes is 1. The number of amides is 3. The maximum absolute atomic E-state index is 16.3. The van der Waals surface area contributed by atoms with Crippen LogP contribution in [0.15, 0.2) is 60.1 Å². The zero-order valence-corrected chi connectivity index (χ0v) is 32.1. The number of hydrogen-bond donors (Lipinski definition) is 5. The summed E-state index contributed by atoms with van der Waals surface area (Å²) in [7, 11) is 1.50. The summed E-state index contributed by atoms with van der Waals surface area (Å²) >= 11 is 0. The van der Waals surface area contributed by atoms with E-state index in [1.165, 1.54) is 11.9 Å². The van der Waals surface area contributed by atoms with Gasteiger partial charge in [-0.2, -0.15) is 0 Å². The van der Waals surface area contributed by atoms with Crippen molar-refractivity contribution in [2.24, 2.45) is 17.4 Å². The third-order valence-electron chi connectivity index (χ3n) is 12.3. The molecule has 0 aliphatic carbocycles. The number of alkyl halides is 1. The second-order valence-corrected chi connectivity index (χ2v) is 16.0. The van der Waals surface area contributed by atoms with Crippen LogP contribution in [-0.2, 0) is 9.59 Å².